The second-order valence-corrected chi connectivity index (χ2v) is 5.39. The summed E-state index contributed by atoms with van der Waals surface area (Å²) < 4.78 is 26.3. The molecule has 2 N–H and O–H groups in total. The van der Waals surface area contributed by atoms with E-state index >= 15 is 0 Å². The number of benzene rings is 1. The van der Waals surface area contributed by atoms with E-state index in [0.29, 0.717) is 17.9 Å². The zero-order chi connectivity index (χ0) is 14.4. The van der Waals surface area contributed by atoms with E-state index in [2.05, 4.69) is 5.32 Å². The number of amides is 1. The van der Waals surface area contributed by atoms with Gasteiger partial charge < -0.3 is 10.4 Å². The molecule has 3 rings (SSSR count). The fourth-order valence-corrected chi connectivity index (χ4v) is 3.25. The molecule has 2 saturated carbocycles. The van der Waals surface area contributed by atoms with E-state index in [1.54, 1.807) is 0 Å². The second-order valence-electron chi connectivity index (χ2n) is 5.39. The highest BCUT2D eigenvalue weighted by Gasteiger charge is 2.56. The number of carboxylic acid groups (broad SMARTS) is 1. The summed E-state index contributed by atoms with van der Waals surface area (Å²) >= 11 is 0. The van der Waals surface area contributed by atoms with Gasteiger partial charge in [0.1, 0.15) is 0 Å². The van der Waals surface area contributed by atoms with Crippen molar-refractivity contribution in [2.45, 2.75) is 19.3 Å². The summed E-state index contributed by atoms with van der Waals surface area (Å²) in [5.74, 6) is -3.51. The van der Waals surface area contributed by atoms with E-state index in [4.69, 9.17) is 5.11 Å². The van der Waals surface area contributed by atoms with Crippen molar-refractivity contribution in [1.82, 2.24) is 0 Å². The number of rotatable bonds is 3. The lowest BCUT2D eigenvalue weighted by Crippen LogP contribution is -2.19. The third-order valence-electron chi connectivity index (χ3n) is 4.26. The summed E-state index contributed by atoms with van der Waals surface area (Å²) in [6, 6.07) is 1.30. The average Bonchev–Trinajstić information content (AvgIpc) is 2.87. The number of hydrogen-bond donors (Lipinski definition) is 2. The molecule has 2 unspecified atom stereocenters. The van der Waals surface area contributed by atoms with Gasteiger partial charge in [0.05, 0.1) is 11.3 Å². The monoisotopic (exact) mass is 281 g/mol. The molecule has 0 heterocycles. The highest BCUT2D eigenvalue weighted by molar-refractivity contribution is 6.02. The van der Waals surface area contributed by atoms with E-state index < -0.39 is 23.2 Å². The Hall–Kier alpha value is -1.98. The van der Waals surface area contributed by atoms with Gasteiger partial charge in [0.25, 0.3) is 0 Å². The zero-order valence-electron chi connectivity index (χ0n) is 10.5. The van der Waals surface area contributed by atoms with Gasteiger partial charge in [-0.3, -0.25) is 4.79 Å². The smallest absolute Gasteiger partial charge is 0.337 e. The van der Waals surface area contributed by atoms with Crippen LogP contribution in [0.4, 0.5) is 14.5 Å². The summed E-state index contributed by atoms with van der Waals surface area (Å²) in [4.78, 5) is 23.0. The van der Waals surface area contributed by atoms with E-state index in [9.17, 15) is 18.4 Å². The van der Waals surface area contributed by atoms with Crippen LogP contribution in [0.1, 0.15) is 29.6 Å². The molecule has 0 spiro atoms. The van der Waals surface area contributed by atoms with Gasteiger partial charge in [0.15, 0.2) is 11.6 Å². The van der Waals surface area contributed by atoms with Crippen LogP contribution >= 0.6 is 0 Å². The van der Waals surface area contributed by atoms with Gasteiger partial charge in [-0.15, -0.1) is 0 Å². The molecule has 4 nitrogen and oxygen atoms in total. The molecule has 0 aliphatic heterocycles. The molecule has 2 atom stereocenters. The van der Waals surface area contributed by atoms with Crippen molar-refractivity contribution in [1.29, 1.82) is 0 Å². The molecular weight excluding hydrogens is 268 g/mol. The third kappa shape index (κ3) is 2.05. The Morgan fingerprint density at radius 2 is 1.75 bits per heavy atom. The van der Waals surface area contributed by atoms with Crippen molar-refractivity contribution in [2.75, 3.05) is 5.32 Å². The fraction of sp³-hybridized carbons (Fsp3) is 0.429. The van der Waals surface area contributed by atoms with Crippen LogP contribution in [-0.4, -0.2) is 17.0 Å². The lowest BCUT2D eigenvalue weighted by atomic mass is 10.1. The number of anilines is 1. The quantitative estimate of drug-likeness (QED) is 0.895. The van der Waals surface area contributed by atoms with Gasteiger partial charge in [-0.25, -0.2) is 13.6 Å². The first kappa shape index (κ1) is 13.0. The van der Waals surface area contributed by atoms with Gasteiger partial charge in [0, 0.05) is 12.0 Å². The van der Waals surface area contributed by atoms with E-state index in [1.165, 1.54) is 0 Å². The van der Waals surface area contributed by atoms with Gasteiger partial charge in [0.2, 0.25) is 5.91 Å². The van der Waals surface area contributed by atoms with Crippen LogP contribution in [0.15, 0.2) is 12.1 Å². The molecule has 1 aromatic carbocycles. The molecule has 2 aliphatic rings. The molecular formula is C14H13F2NO3. The summed E-state index contributed by atoms with van der Waals surface area (Å²) in [5.41, 5.74) is -0.630. The molecule has 0 radical (unpaired) electrons. The van der Waals surface area contributed by atoms with Crippen molar-refractivity contribution in [3.63, 3.8) is 0 Å². The predicted molar refractivity (Wildman–Crippen MR) is 66.3 cm³/mol. The molecule has 1 amide bonds. The Balaban J connectivity index is 1.81. The number of fused-ring (bicyclic) bond motifs is 1. The minimum Gasteiger partial charge on any atom is -0.478 e. The minimum atomic E-state index is -1.41. The van der Waals surface area contributed by atoms with Gasteiger partial charge in [-0.05, 0) is 30.7 Å². The number of carboxylic acids is 1. The van der Waals surface area contributed by atoms with Crippen LogP contribution < -0.4 is 5.32 Å². The highest BCUT2D eigenvalue weighted by Crippen LogP contribution is 2.57. The molecule has 0 bridgehead atoms. The molecule has 0 aromatic heterocycles. The molecule has 6 heteroatoms. The Bertz CT molecular complexity index is 592. The largest absolute Gasteiger partial charge is 0.478 e. The van der Waals surface area contributed by atoms with Crippen LogP contribution in [0.2, 0.25) is 0 Å². The SMILES string of the molecule is O=C(O)c1cc(F)c(F)cc1NC(=O)C1C2CCCC21. The van der Waals surface area contributed by atoms with Gasteiger partial charge in [-0.1, -0.05) is 6.42 Å². The number of carbonyl (C=O) groups excluding carboxylic acids is 1. The van der Waals surface area contributed by atoms with E-state index in [-0.39, 0.29) is 17.5 Å². The molecule has 2 aliphatic carbocycles. The second kappa shape index (κ2) is 4.54. The molecule has 0 saturated heterocycles. The first-order chi connectivity index (χ1) is 9.49. The number of halogens is 2. The molecule has 1 aromatic rings. The van der Waals surface area contributed by atoms with Crippen LogP contribution in [-0.2, 0) is 4.79 Å². The summed E-state index contributed by atoms with van der Waals surface area (Å²) in [5, 5.41) is 11.4. The Morgan fingerprint density at radius 1 is 1.15 bits per heavy atom. The first-order valence-corrected chi connectivity index (χ1v) is 6.52. The van der Waals surface area contributed by atoms with E-state index in [0.717, 1.165) is 25.3 Å². The van der Waals surface area contributed by atoms with Gasteiger partial charge in [-0.2, -0.15) is 0 Å². The normalized spacial score (nSPS) is 27.0. The van der Waals surface area contributed by atoms with Crippen molar-refractivity contribution >= 4 is 17.6 Å². The number of aromatic carboxylic acids is 1. The van der Waals surface area contributed by atoms with Crippen molar-refractivity contribution in [3.05, 3.63) is 29.3 Å². The maximum Gasteiger partial charge on any atom is 0.337 e. The van der Waals surface area contributed by atoms with Crippen LogP contribution in [0, 0.1) is 29.4 Å². The van der Waals surface area contributed by atoms with E-state index in [1.807, 2.05) is 0 Å². The maximum atomic E-state index is 13.2. The number of hydrogen-bond acceptors (Lipinski definition) is 2. The number of carbonyl (C=O) groups is 2. The van der Waals surface area contributed by atoms with Gasteiger partial charge >= 0.3 is 5.97 Å². The topological polar surface area (TPSA) is 66.4 Å². The van der Waals surface area contributed by atoms with Crippen molar-refractivity contribution in [3.8, 4) is 0 Å². The van der Waals surface area contributed by atoms with Crippen molar-refractivity contribution in [2.24, 2.45) is 17.8 Å². The van der Waals surface area contributed by atoms with Crippen LogP contribution in [0.5, 0.6) is 0 Å². The highest BCUT2D eigenvalue weighted by atomic mass is 19.2. The maximum absolute atomic E-state index is 13.2. The lowest BCUT2D eigenvalue weighted by Gasteiger charge is -2.10. The molecule has 2 fully saturated rings. The molecule has 20 heavy (non-hydrogen) atoms. The first-order valence-electron chi connectivity index (χ1n) is 6.52. The Morgan fingerprint density at radius 3 is 2.35 bits per heavy atom. The fourth-order valence-electron chi connectivity index (χ4n) is 3.25. The Kier molecular flexibility index (Phi) is 2.96. The molecule has 106 valence electrons. The average molecular weight is 281 g/mol. The number of nitrogens with one attached hydrogen (secondary N) is 1. The minimum absolute atomic E-state index is 0.112. The lowest BCUT2D eigenvalue weighted by molar-refractivity contribution is -0.118. The summed E-state index contributed by atoms with van der Waals surface area (Å²) in [6.07, 6.45) is 3.13. The third-order valence-corrected chi connectivity index (χ3v) is 4.26. The van der Waals surface area contributed by atoms with Crippen LogP contribution in [0.25, 0.3) is 0 Å². The zero-order valence-corrected chi connectivity index (χ0v) is 10.5. The summed E-state index contributed by atoms with van der Waals surface area (Å²) in [6.45, 7) is 0. The summed E-state index contributed by atoms with van der Waals surface area (Å²) in [7, 11) is 0. The standard InChI is InChI=1S/C14H13F2NO3/c15-9-4-8(14(19)20)11(5-10(9)16)17-13(18)12-6-2-1-3-7(6)12/h4-7,12H,1-3H2,(H,17,18)(H,19,20). The predicted octanol–water partition coefficient (Wildman–Crippen LogP) is 2.65. The Labute approximate surface area is 113 Å². The van der Waals surface area contributed by atoms with Crippen LogP contribution in [0.3, 0.4) is 0 Å². The van der Waals surface area contributed by atoms with Crippen molar-refractivity contribution < 1.29 is 23.5 Å².